The molecular weight excluding hydrogens is 506 g/mol. The van der Waals surface area contributed by atoms with Gasteiger partial charge in [0.15, 0.2) is 0 Å². The normalized spacial score (nSPS) is 21.5. The van der Waals surface area contributed by atoms with E-state index < -0.39 is 6.04 Å². The lowest BCUT2D eigenvalue weighted by Gasteiger charge is -2.36. The molecule has 8 nitrogen and oxygen atoms in total. The zero-order valence-electron chi connectivity index (χ0n) is 25.0. The fourth-order valence-corrected chi connectivity index (χ4v) is 4.93. The summed E-state index contributed by atoms with van der Waals surface area (Å²) in [7, 11) is 5.68. The van der Waals surface area contributed by atoms with Gasteiger partial charge in [0.2, 0.25) is 5.91 Å². The summed E-state index contributed by atoms with van der Waals surface area (Å²) in [6.07, 6.45) is 2.63. The van der Waals surface area contributed by atoms with Crippen LogP contribution in [0.15, 0.2) is 48.5 Å². The molecule has 2 amide bonds. The molecule has 1 aliphatic heterocycles. The first-order valence-electron chi connectivity index (χ1n) is 14.4. The molecule has 2 aromatic rings. The third-order valence-electron chi connectivity index (χ3n) is 7.63. The summed E-state index contributed by atoms with van der Waals surface area (Å²) < 4.78 is 12.7. The Kier molecular flexibility index (Phi) is 11.8. The van der Waals surface area contributed by atoms with Gasteiger partial charge in [-0.05, 0) is 56.9 Å². The quantitative estimate of drug-likeness (QED) is 0.552. The van der Waals surface area contributed by atoms with Crippen LogP contribution < -0.4 is 9.64 Å². The molecule has 3 rings (SSSR count). The van der Waals surface area contributed by atoms with Crippen LogP contribution >= 0.6 is 0 Å². The average molecular weight is 554 g/mol. The zero-order chi connectivity index (χ0) is 29.2. The Bertz CT molecular complexity index is 1090. The number of anilines is 1. The molecule has 1 aliphatic rings. The van der Waals surface area contributed by atoms with Crippen LogP contribution in [0.4, 0.5) is 5.69 Å². The monoisotopic (exact) mass is 553 g/mol. The van der Waals surface area contributed by atoms with Crippen molar-refractivity contribution < 1.29 is 24.2 Å². The van der Waals surface area contributed by atoms with E-state index in [1.807, 2.05) is 95.3 Å². The Morgan fingerprint density at radius 3 is 2.50 bits per heavy atom. The van der Waals surface area contributed by atoms with Gasteiger partial charge in [0.25, 0.3) is 5.91 Å². The number of likely N-dealkylation sites (N-methyl/N-ethyl adjacent to an activating group) is 1. The lowest BCUT2D eigenvalue weighted by atomic mass is 10.0. The van der Waals surface area contributed by atoms with Crippen LogP contribution in [0.25, 0.3) is 0 Å². The molecule has 0 radical (unpaired) electrons. The number of nitrogens with zero attached hydrogens (tertiary/aromatic N) is 3. The van der Waals surface area contributed by atoms with Crippen LogP contribution in [-0.4, -0.2) is 92.4 Å². The van der Waals surface area contributed by atoms with E-state index in [-0.39, 0.29) is 36.5 Å². The van der Waals surface area contributed by atoms with Crippen molar-refractivity contribution in [2.24, 2.45) is 5.92 Å². The molecule has 0 bridgehead atoms. The summed E-state index contributed by atoms with van der Waals surface area (Å²) in [5, 5.41) is 10.1. The molecule has 1 N–H and O–H groups in total. The molecule has 2 aromatic carbocycles. The smallest absolute Gasteiger partial charge is 0.258 e. The SMILES string of the molecule is C[C@@H]1CN([C@@H](C)CO)C(=O)c2cc(N(C)C)ccc2O[C@@H](C)CCCCO[C@H]1CN(C)C(=O)Cc1ccccc1. The summed E-state index contributed by atoms with van der Waals surface area (Å²) in [6, 6.07) is 15.0. The highest BCUT2D eigenvalue weighted by Crippen LogP contribution is 2.29. The molecule has 4 atom stereocenters. The second kappa shape index (κ2) is 15.1. The number of hydrogen-bond acceptors (Lipinski definition) is 6. The molecular formula is C32H47N3O5. The van der Waals surface area contributed by atoms with Gasteiger partial charge in [-0.25, -0.2) is 0 Å². The first-order chi connectivity index (χ1) is 19.1. The number of carbonyl (C=O) groups excluding carboxylic acids is 2. The molecule has 0 aliphatic carbocycles. The molecule has 40 heavy (non-hydrogen) atoms. The number of aliphatic hydroxyl groups is 1. The van der Waals surface area contributed by atoms with Gasteiger partial charge in [-0.3, -0.25) is 9.59 Å². The van der Waals surface area contributed by atoms with Gasteiger partial charge in [0.1, 0.15) is 5.75 Å². The van der Waals surface area contributed by atoms with Crippen LogP contribution in [-0.2, 0) is 16.0 Å². The number of fused-ring (bicyclic) bond motifs is 1. The first-order valence-corrected chi connectivity index (χ1v) is 14.4. The Morgan fingerprint density at radius 1 is 1.10 bits per heavy atom. The van der Waals surface area contributed by atoms with E-state index in [4.69, 9.17) is 9.47 Å². The Hall–Kier alpha value is -3.10. The van der Waals surface area contributed by atoms with E-state index in [9.17, 15) is 14.7 Å². The van der Waals surface area contributed by atoms with Crippen LogP contribution in [0.3, 0.4) is 0 Å². The number of aliphatic hydroxyl groups excluding tert-OH is 1. The van der Waals surface area contributed by atoms with Gasteiger partial charge in [-0.15, -0.1) is 0 Å². The highest BCUT2D eigenvalue weighted by atomic mass is 16.5. The minimum Gasteiger partial charge on any atom is -0.490 e. The van der Waals surface area contributed by atoms with Gasteiger partial charge < -0.3 is 29.3 Å². The predicted octanol–water partition coefficient (Wildman–Crippen LogP) is 4.25. The van der Waals surface area contributed by atoms with Gasteiger partial charge in [-0.2, -0.15) is 0 Å². The van der Waals surface area contributed by atoms with E-state index in [0.717, 1.165) is 30.5 Å². The molecule has 1 heterocycles. The number of carbonyl (C=O) groups is 2. The predicted molar refractivity (Wildman–Crippen MR) is 159 cm³/mol. The summed E-state index contributed by atoms with van der Waals surface area (Å²) >= 11 is 0. The molecule has 0 unspecified atom stereocenters. The number of hydrogen-bond donors (Lipinski definition) is 1. The van der Waals surface area contributed by atoms with Gasteiger partial charge in [-0.1, -0.05) is 37.3 Å². The van der Waals surface area contributed by atoms with Crippen molar-refractivity contribution in [3.63, 3.8) is 0 Å². The maximum atomic E-state index is 14.1. The second-order valence-electron chi connectivity index (χ2n) is 11.3. The zero-order valence-corrected chi connectivity index (χ0v) is 25.0. The van der Waals surface area contributed by atoms with Crippen LogP contribution in [0.1, 0.15) is 56.0 Å². The largest absolute Gasteiger partial charge is 0.490 e. The van der Waals surface area contributed by atoms with Crippen LogP contribution in [0, 0.1) is 5.92 Å². The van der Waals surface area contributed by atoms with Crippen molar-refractivity contribution in [3.8, 4) is 5.75 Å². The molecule has 0 spiro atoms. The first kappa shape index (κ1) is 31.4. The number of rotatable bonds is 7. The van der Waals surface area contributed by atoms with Crippen molar-refractivity contribution in [2.75, 3.05) is 52.3 Å². The van der Waals surface area contributed by atoms with E-state index in [2.05, 4.69) is 0 Å². The number of ether oxygens (including phenoxy) is 2. The standard InChI is InChI=1S/C32H47N3O5/c1-23-20-35(24(2)22-36)32(38)28-19-27(33(4)5)15-16-29(28)40-25(3)12-10-11-17-39-30(23)21-34(6)31(37)18-26-13-8-7-9-14-26/h7-9,13-16,19,23-25,30,36H,10-12,17-18,20-22H2,1-6H3/t23-,24+,25+,30+/m1/s1. The minimum absolute atomic E-state index is 0.0224. The Balaban J connectivity index is 1.88. The maximum Gasteiger partial charge on any atom is 0.258 e. The second-order valence-corrected chi connectivity index (χ2v) is 11.3. The Morgan fingerprint density at radius 2 is 1.82 bits per heavy atom. The summed E-state index contributed by atoms with van der Waals surface area (Å²) in [4.78, 5) is 32.5. The molecule has 220 valence electrons. The summed E-state index contributed by atoms with van der Waals surface area (Å²) in [6.45, 7) is 7.10. The maximum absolute atomic E-state index is 14.1. The molecule has 0 aromatic heterocycles. The van der Waals surface area contributed by atoms with Crippen molar-refractivity contribution in [1.29, 1.82) is 0 Å². The fourth-order valence-electron chi connectivity index (χ4n) is 4.93. The van der Waals surface area contributed by atoms with E-state index >= 15 is 0 Å². The molecule has 0 fully saturated rings. The molecule has 0 saturated carbocycles. The van der Waals surface area contributed by atoms with Crippen molar-refractivity contribution in [1.82, 2.24) is 9.80 Å². The Labute approximate surface area is 239 Å². The van der Waals surface area contributed by atoms with E-state index in [0.29, 0.717) is 37.4 Å². The molecule has 0 saturated heterocycles. The van der Waals surface area contributed by atoms with Crippen LogP contribution in [0.5, 0.6) is 5.75 Å². The number of benzene rings is 2. The van der Waals surface area contributed by atoms with Crippen molar-refractivity contribution >= 4 is 17.5 Å². The topological polar surface area (TPSA) is 82.6 Å². The third kappa shape index (κ3) is 8.70. The van der Waals surface area contributed by atoms with E-state index in [1.54, 1.807) is 9.80 Å². The summed E-state index contributed by atoms with van der Waals surface area (Å²) in [5.41, 5.74) is 2.35. The lowest BCUT2D eigenvalue weighted by molar-refractivity contribution is -0.131. The third-order valence-corrected chi connectivity index (χ3v) is 7.63. The molecule has 8 heteroatoms. The average Bonchev–Trinajstić information content (AvgIpc) is 2.94. The van der Waals surface area contributed by atoms with Crippen molar-refractivity contribution in [2.45, 2.75) is 64.7 Å². The lowest BCUT2D eigenvalue weighted by Crippen LogP contribution is -2.48. The number of amides is 2. The van der Waals surface area contributed by atoms with Gasteiger partial charge in [0, 0.05) is 52.4 Å². The summed E-state index contributed by atoms with van der Waals surface area (Å²) in [5.74, 6) is 0.299. The highest BCUT2D eigenvalue weighted by molar-refractivity contribution is 5.98. The van der Waals surface area contributed by atoms with Crippen molar-refractivity contribution in [3.05, 3.63) is 59.7 Å². The van der Waals surface area contributed by atoms with E-state index in [1.165, 1.54) is 0 Å². The highest BCUT2D eigenvalue weighted by Gasteiger charge is 2.31. The fraction of sp³-hybridized carbons (Fsp3) is 0.562. The van der Waals surface area contributed by atoms with Gasteiger partial charge in [0.05, 0.1) is 36.8 Å². The minimum atomic E-state index is -0.408. The van der Waals surface area contributed by atoms with Crippen LogP contribution in [0.2, 0.25) is 0 Å². The van der Waals surface area contributed by atoms with Gasteiger partial charge >= 0.3 is 0 Å².